The van der Waals surface area contributed by atoms with E-state index in [-0.39, 0.29) is 0 Å². The molecule has 0 fully saturated rings. The van der Waals surface area contributed by atoms with Crippen LogP contribution in [0.4, 0.5) is 0 Å². The van der Waals surface area contributed by atoms with Gasteiger partial charge in [-0.15, -0.1) is 0 Å². The molecule has 0 spiro atoms. The van der Waals surface area contributed by atoms with Crippen molar-refractivity contribution in [3.8, 4) is 0 Å². The second-order valence-electron chi connectivity index (χ2n) is 2.11. The van der Waals surface area contributed by atoms with Gasteiger partial charge in [0.1, 0.15) is 0 Å². The highest BCUT2D eigenvalue weighted by molar-refractivity contribution is 7.84. The first-order valence-electron chi connectivity index (χ1n) is 3.13. The molecular weight excluding hydrogens is 160 g/mol. The second kappa shape index (κ2) is 3.44. The van der Waals surface area contributed by atoms with Gasteiger partial charge >= 0.3 is 0 Å². The molecule has 0 radical (unpaired) electrons. The summed E-state index contributed by atoms with van der Waals surface area (Å²) in [5.41, 5.74) is 0.508. The average Bonchev–Trinajstić information content (AvgIpc) is 2.04. The third kappa shape index (κ3) is 1.74. The van der Waals surface area contributed by atoms with Gasteiger partial charge in [-0.1, -0.05) is 18.2 Å². The van der Waals surface area contributed by atoms with Gasteiger partial charge in [0.05, 0.1) is 10.8 Å². The van der Waals surface area contributed by atoms with E-state index >= 15 is 0 Å². The van der Waals surface area contributed by atoms with Crippen molar-refractivity contribution in [2.45, 2.75) is 4.90 Å². The molecule has 2 nitrogen and oxygen atoms in total. The Morgan fingerprint density at radius 1 is 1.36 bits per heavy atom. The Bertz CT molecular complexity index is 294. The Kier molecular flexibility index (Phi) is 2.54. The molecule has 1 atom stereocenters. The van der Waals surface area contributed by atoms with Crippen molar-refractivity contribution in [3.63, 3.8) is 0 Å². The van der Waals surface area contributed by atoms with Crippen LogP contribution in [-0.4, -0.2) is 16.8 Å². The van der Waals surface area contributed by atoms with Crippen molar-refractivity contribution >= 4 is 17.1 Å². The van der Waals surface area contributed by atoms with Crippen LogP contribution in [0.15, 0.2) is 29.2 Å². The molecule has 0 unspecified atom stereocenters. The van der Waals surface area contributed by atoms with Crippen LogP contribution in [-0.2, 0) is 10.8 Å². The van der Waals surface area contributed by atoms with E-state index in [4.69, 9.17) is 0 Å². The number of hydrogen-bond donors (Lipinski definition) is 0. The minimum atomic E-state index is -1.07. The van der Waals surface area contributed by atoms with E-state index in [9.17, 15) is 9.00 Å². The summed E-state index contributed by atoms with van der Waals surface area (Å²) in [5.74, 6) is 0. The highest BCUT2D eigenvalue weighted by atomic mass is 32.2. The third-order valence-electron chi connectivity index (χ3n) is 1.36. The first-order chi connectivity index (χ1) is 5.25. The minimum Gasteiger partial charge on any atom is -0.298 e. The summed E-state index contributed by atoms with van der Waals surface area (Å²) < 4.78 is 11.0. The number of aldehydes is 1. The zero-order valence-corrected chi connectivity index (χ0v) is 6.93. The summed E-state index contributed by atoms with van der Waals surface area (Å²) in [6.45, 7) is 0. The van der Waals surface area contributed by atoms with Crippen molar-refractivity contribution in [1.82, 2.24) is 0 Å². The average molecular weight is 168 g/mol. The summed E-state index contributed by atoms with van der Waals surface area (Å²) in [5, 5.41) is 0. The van der Waals surface area contributed by atoms with Crippen LogP contribution in [0.3, 0.4) is 0 Å². The zero-order chi connectivity index (χ0) is 8.27. The topological polar surface area (TPSA) is 34.1 Å². The molecule has 0 saturated heterocycles. The normalized spacial score (nSPS) is 12.5. The summed E-state index contributed by atoms with van der Waals surface area (Å²) in [4.78, 5) is 11.0. The molecule has 0 aromatic heterocycles. The Labute approximate surface area is 67.7 Å². The molecule has 3 heteroatoms. The van der Waals surface area contributed by atoms with Gasteiger partial charge in [0.2, 0.25) is 0 Å². The molecule has 0 aliphatic rings. The monoisotopic (exact) mass is 168 g/mol. The van der Waals surface area contributed by atoms with E-state index < -0.39 is 10.8 Å². The minimum absolute atomic E-state index is 0.508. The van der Waals surface area contributed by atoms with Gasteiger partial charge in [0.15, 0.2) is 6.29 Å². The standard InChI is InChI=1S/C8H8O2S/c1-11(10)8-5-3-2-4-7(8)6-9/h2-6H,1H3/t11-/m1/s1. The molecule has 0 amide bonds. The van der Waals surface area contributed by atoms with E-state index in [0.29, 0.717) is 10.5 Å². The molecule has 0 N–H and O–H groups in total. The van der Waals surface area contributed by atoms with Crippen LogP contribution >= 0.6 is 0 Å². The molecule has 0 heterocycles. The van der Waals surface area contributed by atoms with Gasteiger partial charge in [-0.2, -0.15) is 0 Å². The van der Waals surface area contributed by atoms with Crippen molar-refractivity contribution < 1.29 is 9.00 Å². The fraction of sp³-hybridized carbons (Fsp3) is 0.125. The van der Waals surface area contributed by atoms with Gasteiger partial charge < -0.3 is 0 Å². The van der Waals surface area contributed by atoms with Gasteiger partial charge in [-0.3, -0.25) is 9.00 Å². The van der Waals surface area contributed by atoms with Crippen LogP contribution < -0.4 is 0 Å². The lowest BCUT2D eigenvalue weighted by Gasteiger charge is -1.97. The van der Waals surface area contributed by atoms with Gasteiger partial charge in [-0.05, 0) is 6.07 Å². The number of rotatable bonds is 2. The first kappa shape index (κ1) is 8.14. The number of carbonyl (C=O) groups is 1. The highest BCUT2D eigenvalue weighted by Crippen LogP contribution is 2.09. The summed E-state index contributed by atoms with van der Waals surface area (Å²) in [6, 6.07) is 6.87. The molecule has 0 bridgehead atoms. The molecule has 0 aliphatic carbocycles. The zero-order valence-electron chi connectivity index (χ0n) is 6.11. The summed E-state index contributed by atoms with van der Waals surface area (Å²) >= 11 is 0. The fourth-order valence-corrected chi connectivity index (χ4v) is 1.56. The first-order valence-corrected chi connectivity index (χ1v) is 4.69. The van der Waals surface area contributed by atoms with Crippen LogP contribution in [0.25, 0.3) is 0 Å². The second-order valence-corrected chi connectivity index (χ2v) is 3.46. The smallest absolute Gasteiger partial charge is 0.151 e. The predicted molar refractivity (Wildman–Crippen MR) is 44.2 cm³/mol. The number of carbonyl (C=O) groups excluding carboxylic acids is 1. The number of benzene rings is 1. The Morgan fingerprint density at radius 3 is 2.45 bits per heavy atom. The fourth-order valence-electron chi connectivity index (χ4n) is 0.840. The largest absolute Gasteiger partial charge is 0.298 e. The lowest BCUT2D eigenvalue weighted by Crippen LogP contribution is -1.93. The van der Waals surface area contributed by atoms with Crippen LogP contribution in [0.2, 0.25) is 0 Å². The van der Waals surface area contributed by atoms with Crippen LogP contribution in [0, 0.1) is 0 Å². The number of hydrogen-bond acceptors (Lipinski definition) is 2. The van der Waals surface area contributed by atoms with Crippen LogP contribution in [0.5, 0.6) is 0 Å². The Balaban J connectivity index is 3.22. The lowest BCUT2D eigenvalue weighted by molar-refractivity contribution is 0.112. The van der Waals surface area contributed by atoms with E-state index in [1.165, 1.54) is 0 Å². The van der Waals surface area contributed by atoms with Crippen LogP contribution in [0.1, 0.15) is 10.4 Å². The summed E-state index contributed by atoms with van der Waals surface area (Å²) in [7, 11) is -1.07. The van der Waals surface area contributed by atoms with Gasteiger partial charge in [-0.25, -0.2) is 0 Å². The molecule has 11 heavy (non-hydrogen) atoms. The Morgan fingerprint density at radius 2 is 2.00 bits per heavy atom. The SMILES string of the molecule is C[S@@](=O)c1ccccc1C=O. The quantitative estimate of drug-likeness (QED) is 0.622. The van der Waals surface area contributed by atoms with Crippen molar-refractivity contribution in [2.75, 3.05) is 6.26 Å². The maximum atomic E-state index is 11.0. The van der Waals surface area contributed by atoms with Gasteiger partial charge in [0.25, 0.3) is 0 Å². The molecule has 0 aliphatic heterocycles. The molecule has 1 aromatic carbocycles. The third-order valence-corrected chi connectivity index (χ3v) is 2.35. The molecule has 1 rings (SSSR count). The maximum Gasteiger partial charge on any atom is 0.151 e. The van der Waals surface area contributed by atoms with Gasteiger partial charge in [0, 0.05) is 16.7 Å². The van der Waals surface area contributed by atoms with E-state index in [2.05, 4.69) is 0 Å². The Hall–Kier alpha value is -0.960. The lowest BCUT2D eigenvalue weighted by atomic mass is 10.2. The predicted octanol–water partition coefficient (Wildman–Crippen LogP) is 1.24. The molecule has 1 aromatic rings. The summed E-state index contributed by atoms with van der Waals surface area (Å²) in [6.07, 6.45) is 2.28. The maximum absolute atomic E-state index is 11.0. The highest BCUT2D eigenvalue weighted by Gasteiger charge is 2.01. The van der Waals surface area contributed by atoms with E-state index in [1.54, 1.807) is 30.5 Å². The van der Waals surface area contributed by atoms with Crippen molar-refractivity contribution in [3.05, 3.63) is 29.8 Å². The van der Waals surface area contributed by atoms with Crippen molar-refractivity contribution in [1.29, 1.82) is 0 Å². The van der Waals surface area contributed by atoms with E-state index in [0.717, 1.165) is 6.29 Å². The molecule has 58 valence electrons. The molecular formula is C8H8O2S. The van der Waals surface area contributed by atoms with Crippen molar-refractivity contribution in [2.24, 2.45) is 0 Å². The molecule has 0 saturated carbocycles. The van der Waals surface area contributed by atoms with E-state index in [1.807, 2.05) is 0 Å².